The molecule has 0 spiro atoms. The van der Waals surface area contributed by atoms with Crippen molar-refractivity contribution in [3.05, 3.63) is 176 Å². The topological polar surface area (TPSA) is 29.5 Å². The molecule has 0 aliphatic heterocycles. The molecule has 0 N–H and O–H groups in total. The minimum atomic E-state index is 0.851. The van der Waals surface area contributed by atoms with E-state index in [1.807, 2.05) is 12.1 Å². The highest BCUT2D eigenvalue weighted by Gasteiger charge is 2.19. The van der Waals surface area contributed by atoms with Gasteiger partial charge in [0.25, 0.3) is 0 Å². The predicted molar refractivity (Wildman–Crippen MR) is 204 cm³/mol. The molecule has 3 nitrogen and oxygen atoms in total. The van der Waals surface area contributed by atoms with Gasteiger partial charge >= 0.3 is 0 Å². The lowest BCUT2D eigenvalue weighted by Gasteiger charge is -2.26. The fraction of sp³-hybridized carbons (Fsp3) is 0. The zero-order valence-corrected chi connectivity index (χ0v) is 26.5. The van der Waals surface area contributed by atoms with Crippen LogP contribution in [0.15, 0.2) is 185 Å². The van der Waals surface area contributed by atoms with Gasteiger partial charge in [-0.15, -0.1) is 0 Å². The van der Waals surface area contributed by atoms with Crippen molar-refractivity contribution in [2.24, 2.45) is 0 Å². The van der Waals surface area contributed by atoms with Crippen molar-refractivity contribution < 1.29 is 8.83 Å². The minimum Gasteiger partial charge on any atom is -0.456 e. The van der Waals surface area contributed by atoms with Gasteiger partial charge in [-0.3, -0.25) is 0 Å². The quantitative estimate of drug-likeness (QED) is 0.190. The Bertz CT molecular complexity index is 2710. The number of para-hydroxylation sites is 1. The zero-order valence-electron chi connectivity index (χ0n) is 26.5. The second-order valence-corrected chi connectivity index (χ2v) is 12.5. The number of hydrogen-bond acceptors (Lipinski definition) is 3. The first-order valence-corrected chi connectivity index (χ1v) is 16.6. The number of hydrogen-bond donors (Lipinski definition) is 0. The summed E-state index contributed by atoms with van der Waals surface area (Å²) in [5.41, 5.74) is 11.5. The zero-order chi connectivity index (χ0) is 32.3. The number of benzene rings is 8. The van der Waals surface area contributed by atoms with Crippen LogP contribution >= 0.6 is 0 Å². The second kappa shape index (κ2) is 11.0. The van der Waals surface area contributed by atoms with Gasteiger partial charge < -0.3 is 13.7 Å². The molecule has 49 heavy (non-hydrogen) atoms. The van der Waals surface area contributed by atoms with E-state index in [2.05, 4.69) is 169 Å². The Balaban J connectivity index is 1.13. The van der Waals surface area contributed by atoms with E-state index in [4.69, 9.17) is 8.83 Å². The van der Waals surface area contributed by atoms with Gasteiger partial charge in [0.1, 0.15) is 22.3 Å². The third kappa shape index (κ3) is 4.51. The van der Waals surface area contributed by atoms with Crippen LogP contribution in [0.3, 0.4) is 0 Å². The van der Waals surface area contributed by atoms with E-state index in [-0.39, 0.29) is 0 Å². The van der Waals surface area contributed by atoms with Crippen molar-refractivity contribution in [3.63, 3.8) is 0 Å². The van der Waals surface area contributed by atoms with E-state index in [9.17, 15) is 0 Å². The molecule has 10 aromatic rings. The Kier molecular flexibility index (Phi) is 6.18. The Hall–Kier alpha value is -6.58. The maximum atomic E-state index is 6.61. The van der Waals surface area contributed by atoms with Crippen molar-refractivity contribution in [2.45, 2.75) is 0 Å². The molecule has 2 aromatic heterocycles. The standard InChI is InChI=1S/C46H29NO2/c1-3-9-30(10-4-1)32-15-19-34(20-16-32)47(35-21-17-33(18-22-35)31-11-5-2-6-12-31)36-23-24-40-44(29-36)49-43-28-26-37-38(46(40)43)25-27-42-45(37)39-13-7-8-14-41(39)48-42/h1-29H. The normalized spacial score (nSPS) is 11.7. The largest absolute Gasteiger partial charge is 0.456 e. The lowest BCUT2D eigenvalue weighted by molar-refractivity contribution is 0.668. The number of rotatable bonds is 5. The Labute approximate surface area is 282 Å². The molecule has 0 unspecified atom stereocenters. The van der Waals surface area contributed by atoms with Gasteiger partial charge in [-0.05, 0) is 99.8 Å². The van der Waals surface area contributed by atoms with E-state index < -0.39 is 0 Å². The van der Waals surface area contributed by atoms with Crippen LogP contribution in [0, 0.1) is 0 Å². The predicted octanol–water partition coefficient (Wildman–Crippen LogP) is 13.4. The highest BCUT2D eigenvalue weighted by molar-refractivity contribution is 6.27. The third-order valence-electron chi connectivity index (χ3n) is 9.68. The van der Waals surface area contributed by atoms with Crippen LogP contribution in [-0.2, 0) is 0 Å². The molecule has 0 amide bonds. The lowest BCUT2D eigenvalue weighted by atomic mass is 9.99. The summed E-state index contributed by atoms with van der Waals surface area (Å²) in [4.78, 5) is 2.30. The van der Waals surface area contributed by atoms with Crippen LogP contribution < -0.4 is 4.90 Å². The van der Waals surface area contributed by atoms with Crippen LogP contribution in [0.25, 0.3) is 76.9 Å². The molecule has 0 aliphatic carbocycles. The first-order valence-electron chi connectivity index (χ1n) is 16.6. The number of anilines is 3. The molecule has 0 fully saturated rings. The molecule has 10 rings (SSSR count). The minimum absolute atomic E-state index is 0.851. The van der Waals surface area contributed by atoms with Crippen molar-refractivity contribution in [1.29, 1.82) is 0 Å². The molecule has 230 valence electrons. The molecule has 3 heteroatoms. The van der Waals surface area contributed by atoms with Crippen LogP contribution in [0.4, 0.5) is 17.1 Å². The molecule has 0 atom stereocenters. The van der Waals surface area contributed by atoms with Gasteiger partial charge in [-0.25, -0.2) is 0 Å². The highest BCUT2D eigenvalue weighted by Crippen LogP contribution is 2.43. The Morgan fingerprint density at radius 2 is 0.714 bits per heavy atom. The van der Waals surface area contributed by atoms with E-state index in [0.717, 1.165) is 66.3 Å². The van der Waals surface area contributed by atoms with Crippen LogP contribution in [0.2, 0.25) is 0 Å². The summed E-state index contributed by atoms with van der Waals surface area (Å²) in [7, 11) is 0. The van der Waals surface area contributed by atoms with Crippen molar-refractivity contribution in [3.8, 4) is 22.3 Å². The number of fused-ring (bicyclic) bond motifs is 9. The SMILES string of the molecule is c1ccc(-c2ccc(N(c3ccc(-c4ccccc4)cc3)c3ccc4c(c3)oc3ccc5c(ccc6oc7ccccc7c65)c34)cc2)cc1. The van der Waals surface area contributed by atoms with Gasteiger partial charge in [0.15, 0.2) is 0 Å². The lowest BCUT2D eigenvalue weighted by Crippen LogP contribution is -2.09. The summed E-state index contributed by atoms with van der Waals surface area (Å²) in [5.74, 6) is 0. The fourth-order valence-corrected chi connectivity index (χ4v) is 7.35. The third-order valence-corrected chi connectivity index (χ3v) is 9.68. The Morgan fingerprint density at radius 3 is 1.29 bits per heavy atom. The average Bonchev–Trinajstić information content (AvgIpc) is 3.75. The van der Waals surface area contributed by atoms with E-state index in [0.29, 0.717) is 0 Å². The monoisotopic (exact) mass is 627 g/mol. The maximum Gasteiger partial charge on any atom is 0.137 e. The first-order chi connectivity index (χ1) is 24.3. The van der Waals surface area contributed by atoms with Gasteiger partial charge in [-0.2, -0.15) is 0 Å². The summed E-state index contributed by atoms with van der Waals surface area (Å²) in [5, 5.41) is 6.82. The molecule has 0 bridgehead atoms. The molecule has 0 radical (unpaired) electrons. The van der Waals surface area contributed by atoms with E-state index in [1.165, 1.54) is 27.6 Å². The van der Waals surface area contributed by atoms with Gasteiger partial charge in [0, 0.05) is 44.7 Å². The average molecular weight is 628 g/mol. The Morgan fingerprint density at radius 1 is 0.286 bits per heavy atom. The smallest absolute Gasteiger partial charge is 0.137 e. The summed E-state index contributed by atoms with van der Waals surface area (Å²) in [6.07, 6.45) is 0. The van der Waals surface area contributed by atoms with Crippen LogP contribution in [0.1, 0.15) is 0 Å². The molecule has 0 aliphatic rings. The highest BCUT2D eigenvalue weighted by atomic mass is 16.3. The summed E-state index contributed by atoms with van der Waals surface area (Å²) < 4.78 is 12.8. The van der Waals surface area contributed by atoms with Crippen molar-refractivity contribution >= 4 is 71.7 Å². The molecular weight excluding hydrogens is 599 g/mol. The fourth-order valence-electron chi connectivity index (χ4n) is 7.35. The van der Waals surface area contributed by atoms with E-state index >= 15 is 0 Å². The first kappa shape index (κ1) is 27.5. The van der Waals surface area contributed by atoms with Gasteiger partial charge in [-0.1, -0.05) is 103 Å². The molecule has 0 saturated carbocycles. The van der Waals surface area contributed by atoms with Crippen LogP contribution in [0.5, 0.6) is 0 Å². The van der Waals surface area contributed by atoms with Crippen molar-refractivity contribution in [1.82, 2.24) is 0 Å². The van der Waals surface area contributed by atoms with Gasteiger partial charge in [0.05, 0.1) is 0 Å². The number of nitrogens with zero attached hydrogens (tertiary/aromatic N) is 1. The summed E-state index contributed by atoms with van der Waals surface area (Å²) >= 11 is 0. The summed E-state index contributed by atoms with van der Waals surface area (Å²) in [6, 6.07) is 61.9. The van der Waals surface area contributed by atoms with Crippen molar-refractivity contribution in [2.75, 3.05) is 4.90 Å². The second-order valence-electron chi connectivity index (χ2n) is 12.5. The molecule has 8 aromatic carbocycles. The molecular formula is C46H29NO2. The van der Waals surface area contributed by atoms with Crippen LogP contribution in [-0.4, -0.2) is 0 Å². The van der Waals surface area contributed by atoms with Gasteiger partial charge in [0.2, 0.25) is 0 Å². The molecule has 2 heterocycles. The maximum absolute atomic E-state index is 6.61. The number of furan rings is 2. The molecule has 0 saturated heterocycles. The van der Waals surface area contributed by atoms with E-state index in [1.54, 1.807) is 0 Å². The summed E-state index contributed by atoms with van der Waals surface area (Å²) in [6.45, 7) is 0.